The van der Waals surface area contributed by atoms with E-state index in [4.69, 9.17) is 24.3 Å². The van der Waals surface area contributed by atoms with E-state index in [2.05, 4.69) is 26.0 Å². The molecule has 0 aromatic carbocycles. The Kier molecular flexibility index (Phi) is 31.4. The van der Waals surface area contributed by atoms with Gasteiger partial charge in [0, 0.05) is 31.2 Å². The first-order valence-corrected chi connectivity index (χ1v) is 22.8. The Morgan fingerprint density at radius 2 is 1.44 bits per heavy atom. The predicted molar refractivity (Wildman–Crippen MR) is 220 cm³/mol. The number of esters is 1. The van der Waals surface area contributed by atoms with Crippen molar-refractivity contribution in [1.29, 1.82) is 0 Å². The van der Waals surface area contributed by atoms with Crippen molar-refractivity contribution in [2.75, 3.05) is 26.4 Å². The van der Waals surface area contributed by atoms with Crippen LogP contribution in [0.1, 0.15) is 155 Å². The quantitative estimate of drug-likeness (QED) is 0.0156. The normalized spacial score (nSPS) is 20.0. The lowest BCUT2D eigenvalue weighted by molar-refractivity contribution is -0.147. The first-order chi connectivity index (χ1) is 26.6. The van der Waals surface area contributed by atoms with Crippen LogP contribution in [0.25, 0.3) is 0 Å². The van der Waals surface area contributed by atoms with Crippen molar-refractivity contribution < 1.29 is 47.8 Å². The molecule has 1 unspecified atom stereocenters. The Hall–Kier alpha value is -2.11. The monoisotopic (exact) mass is 798 g/mol. The van der Waals surface area contributed by atoms with Crippen molar-refractivity contribution in [1.82, 2.24) is 0 Å². The fraction of sp³-hybridized carbons (Fsp3) is 0.767. The van der Waals surface area contributed by atoms with Crippen LogP contribution in [-0.2, 0) is 32.7 Å². The summed E-state index contributed by atoms with van der Waals surface area (Å²) in [5.41, 5.74) is 5.35. The number of aliphatic hydroxyl groups is 2. The molecule has 5 N–H and O–H groups in total. The molecule has 0 aromatic rings. The van der Waals surface area contributed by atoms with Gasteiger partial charge in [0.15, 0.2) is 6.10 Å². The molecule has 318 valence electrons. The third-order valence-electron chi connectivity index (χ3n) is 9.68. The van der Waals surface area contributed by atoms with E-state index in [0.29, 0.717) is 25.7 Å². The molecule has 0 heterocycles. The van der Waals surface area contributed by atoms with Crippen molar-refractivity contribution in [3.8, 4) is 0 Å². The van der Waals surface area contributed by atoms with Crippen molar-refractivity contribution in [2.24, 2.45) is 17.6 Å². The van der Waals surface area contributed by atoms with Gasteiger partial charge < -0.3 is 30.3 Å². The van der Waals surface area contributed by atoms with Gasteiger partial charge in [-0.1, -0.05) is 115 Å². The molecular weight excluding hydrogens is 721 g/mol. The number of phosphoric ester groups is 1. The number of carbonyl (C=O) groups is 2. The number of aliphatic hydroxyl groups excluding tert-OH is 2. The van der Waals surface area contributed by atoms with E-state index in [0.717, 1.165) is 38.5 Å². The minimum Gasteiger partial charge on any atom is -0.492 e. The molecule has 1 rings (SSSR count). The average molecular weight is 798 g/mol. The maximum atomic E-state index is 12.5. The van der Waals surface area contributed by atoms with E-state index >= 15 is 0 Å². The SMILES string of the molecule is CCCCCC/C=C\CCCCCCCC/C=C/O[C@H](COC(=O)CCC/C=C\C[C@H]1C(=O)C[C@@H](O)[C@@H]1/C=C/[C@@H](O)CCCCC)COP(=O)(O)OCCN. The van der Waals surface area contributed by atoms with Crippen molar-refractivity contribution in [2.45, 2.75) is 173 Å². The molecule has 0 bridgehead atoms. The minimum absolute atomic E-state index is 0.0166. The van der Waals surface area contributed by atoms with Crippen LogP contribution in [0.15, 0.2) is 48.8 Å². The van der Waals surface area contributed by atoms with E-state index in [1.165, 1.54) is 70.5 Å². The second-order valence-corrected chi connectivity index (χ2v) is 16.1. The van der Waals surface area contributed by atoms with E-state index in [1.54, 1.807) is 12.2 Å². The summed E-state index contributed by atoms with van der Waals surface area (Å²) in [5.74, 6) is -1.08. The summed E-state index contributed by atoms with van der Waals surface area (Å²) in [5, 5.41) is 20.7. The highest BCUT2D eigenvalue weighted by Crippen LogP contribution is 2.43. The summed E-state index contributed by atoms with van der Waals surface area (Å²) >= 11 is 0. The number of rotatable bonds is 36. The Bertz CT molecular complexity index is 1140. The van der Waals surface area contributed by atoms with Crippen molar-refractivity contribution in [3.05, 3.63) is 48.8 Å². The van der Waals surface area contributed by atoms with Crippen LogP contribution < -0.4 is 5.73 Å². The highest BCUT2D eigenvalue weighted by atomic mass is 31.2. The zero-order valence-electron chi connectivity index (χ0n) is 34.1. The average Bonchev–Trinajstić information content (AvgIpc) is 3.43. The van der Waals surface area contributed by atoms with Gasteiger partial charge in [0.2, 0.25) is 0 Å². The molecule has 1 saturated carbocycles. The maximum absolute atomic E-state index is 12.5. The van der Waals surface area contributed by atoms with Gasteiger partial charge in [-0.05, 0) is 70.3 Å². The Morgan fingerprint density at radius 3 is 2.11 bits per heavy atom. The van der Waals surface area contributed by atoms with Gasteiger partial charge in [-0.3, -0.25) is 18.6 Å². The molecule has 0 spiro atoms. The lowest BCUT2D eigenvalue weighted by Gasteiger charge is -2.19. The molecule has 1 aliphatic rings. The van der Waals surface area contributed by atoms with E-state index in [9.17, 15) is 29.3 Å². The first-order valence-electron chi connectivity index (χ1n) is 21.3. The number of unbranched alkanes of at least 4 members (excludes halogenated alkanes) is 14. The molecule has 55 heavy (non-hydrogen) atoms. The number of Topliss-reactive ketones (excluding diaryl/α,β-unsaturated/α-hetero) is 1. The summed E-state index contributed by atoms with van der Waals surface area (Å²) < 4.78 is 33.1. The zero-order chi connectivity index (χ0) is 40.4. The molecule has 1 fully saturated rings. The fourth-order valence-electron chi connectivity index (χ4n) is 6.37. The number of hydrogen-bond donors (Lipinski definition) is 4. The number of phosphoric acid groups is 1. The number of ether oxygens (including phenoxy) is 2. The third-order valence-corrected chi connectivity index (χ3v) is 10.7. The number of carbonyl (C=O) groups excluding carboxylic acids is 2. The van der Waals surface area contributed by atoms with Gasteiger partial charge in [-0.15, -0.1) is 0 Å². The highest BCUT2D eigenvalue weighted by Gasteiger charge is 2.39. The van der Waals surface area contributed by atoms with Crippen LogP contribution in [0.3, 0.4) is 0 Å². The van der Waals surface area contributed by atoms with Crippen LogP contribution >= 0.6 is 7.82 Å². The Morgan fingerprint density at radius 1 is 0.836 bits per heavy atom. The van der Waals surface area contributed by atoms with Gasteiger partial charge in [0.25, 0.3) is 0 Å². The van der Waals surface area contributed by atoms with Gasteiger partial charge in [0.05, 0.1) is 31.7 Å². The van der Waals surface area contributed by atoms with Crippen LogP contribution in [0.2, 0.25) is 0 Å². The molecule has 12 heteroatoms. The lowest BCUT2D eigenvalue weighted by Crippen LogP contribution is -2.25. The molecule has 0 amide bonds. The topological polar surface area (TPSA) is 175 Å². The van der Waals surface area contributed by atoms with Gasteiger partial charge in [-0.25, -0.2) is 4.57 Å². The molecule has 0 saturated heterocycles. The maximum Gasteiger partial charge on any atom is 0.472 e. The number of ketones is 1. The molecule has 6 atom stereocenters. The van der Waals surface area contributed by atoms with Crippen LogP contribution in [-0.4, -0.2) is 71.5 Å². The Balaban J connectivity index is 2.39. The smallest absolute Gasteiger partial charge is 0.472 e. The van der Waals surface area contributed by atoms with Gasteiger partial charge >= 0.3 is 13.8 Å². The van der Waals surface area contributed by atoms with Gasteiger partial charge in [0.1, 0.15) is 12.4 Å². The zero-order valence-corrected chi connectivity index (χ0v) is 35.0. The second kappa shape index (κ2) is 34.0. The third kappa shape index (κ3) is 28.0. The summed E-state index contributed by atoms with van der Waals surface area (Å²) in [6, 6.07) is 0. The fourth-order valence-corrected chi connectivity index (χ4v) is 7.13. The van der Waals surface area contributed by atoms with Crippen LogP contribution in [0.5, 0.6) is 0 Å². The predicted octanol–water partition coefficient (Wildman–Crippen LogP) is 9.35. The number of nitrogens with two attached hydrogens (primary N) is 1. The number of allylic oxidation sites excluding steroid dienone is 5. The van der Waals surface area contributed by atoms with E-state index < -0.39 is 32.1 Å². The summed E-state index contributed by atoms with van der Waals surface area (Å²) in [4.78, 5) is 34.9. The summed E-state index contributed by atoms with van der Waals surface area (Å²) in [6.45, 7) is 3.77. The second-order valence-electron chi connectivity index (χ2n) is 14.7. The Labute approximate surface area is 332 Å². The largest absolute Gasteiger partial charge is 0.492 e. The van der Waals surface area contributed by atoms with Crippen LogP contribution in [0.4, 0.5) is 0 Å². The number of hydrogen-bond acceptors (Lipinski definition) is 10. The van der Waals surface area contributed by atoms with Crippen molar-refractivity contribution in [3.63, 3.8) is 0 Å². The highest BCUT2D eigenvalue weighted by molar-refractivity contribution is 7.47. The van der Waals surface area contributed by atoms with Crippen molar-refractivity contribution >= 4 is 19.6 Å². The molecule has 0 radical (unpaired) electrons. The molecule has 0 aliphatic heterocycles. The first kappa shape index (κ1) is 50.9. The standard InChI is InChI=1S/C43H76NO10P/c1-3-5-7-8-9-10-11-12-13-14-15-16-17-18-21-25-32-51-38(36-54-55(49,50)53-33-31-44)35-52-43(48)28-24-20-19-23-27-39-40(42(47)34-41(39)46)30-29-37(45)26-22-6-4-2/h10-11,19,23,25,29-30,32,37-40,42,45,47H,3-9,12-18,20-22,24,26-28,31,33-36,44H2,1-2H3,(H,49,50)/b11-10-,23-19-,30-29+,32-25+/t37-,38+,39+,40+,42+/m0/s1. The van der Waals surface area contributed by atoms with E-state index in [-0.39, 0.29) is 56.8 Å². The minimum atomic E-state index is -4.34. The molecular formula is C43H76NO10P. The summed E-state index contributed by atoms with van der Waals surface area (Å²) in [6.07, 6.45) is 34.4. The molecule has 11 nitrogen and oxygen atoms in total. The molecule has 1 aliphatic carbocycles. The van der Waals surface area contributed by atoms with Crippen LogP contribution in [0, 0.1) is 11.8 Å². The van der Waals surface area contributed by atoms with E-state index in [1.807, 2.05) is 18.2 Å². The lowest BCUT2D eigenvalue weighted by atomic mass is 9.90. The molecule has 0 aromatic heterocycles. The summed E-state index contributed by atoms with van der Waals surface area (Å²) in [7, 11) is -4.34. The van der Waals surface area contributed by atoms with Gasteiger partial charge in [-0.2, -0.15) is 0 Å².